The molecule has 1 saturated carbocycles. The third-order valence-electron chi connectivity index (χ3n) is 2.43. The highest BCUT2D eigenvalue weighted by molar-refractivity contribution is 5.87. The highest BCUT2D eigenvalue weighted by atomic mass is 16.2. The Kier molecular flexibility index (Phi) is 3.57. The van der Waals surface area contributed by atoms with Gasteiger partial charge in [0.2, 0.25) is 11.8 Å². The molecule has 0 aromatic carbocycles. The minimum Gasteiger partial charge on any atom is -0.350 e. The fourth-order valence-electron chi connectivity index (χ4n) is 1.53. The van der Waals surface area contributed by atoms with Gasteiger partial charge in [0, 0.05) is 18.6 Å². The van der Waals surface area contributed by atoms with Gasteiger partial charge in [0.05, 0.1) is 12.5 Å². The van der Waals surface area contributed by atoms with Crippen LogP contribution < -0.4 is 11.1 Å². The summed E-state index contributed by atoms with van der Waals surface area (Å²) in [5, 5.41) is 2.81. The minimum atomic E-state index is -0.267. The summed E-state index contributed by atoms with van der Waals surface area (Å²) < 4.78 is 0. The average Bonchev–Trinajstić information content (AvgIpc) is 2.77. The first-order valence-corrected chi connectivity index (χ1v) is 5.52. The fourth-order valence-corrected chi connectivity index (χ4v) is 1.53. The summed E-state index contributed by atoms with van der Waals surface area (Å²) in [6.45, 7) is 5.82. The maximum absolute atomic E-state index is 11.7. The molecule has 5 nitrogen and oxygen atoms in total. The Morgan fingerprint density at radius 2 is 1.94 bits per heavy atom. The Bertz CT molecular complexity index is 296. The summed E-state index contributed by atoms with van der Waals surface area (Å²) in [5.74, 6) is -0.249. The van der Waals surface area contributed by atoms with Crippen molar-refractivity contribution in [2.75, 3.05) is 13.6 Å². The van der Waals surface area contributed by atoms with Gasteiger partial charge in [-0.2, -0.15) is 0 Å². The molecule has 2 amide bonds. The summed E-state index contributed by atoms with van der Waals surface area (Å²) in [7, 11) is 1.63. The van der Waals surface area contributed by atoms with E-state index in [-0.39, 0.29) is 35.9 Å². The molecule has 1 fully saturated rings. The number of nitrogens with one attached hydrogen (secondary N) is 1. The van der Waals surface area contributed by atoms with Crippen LogP contribution in [-0.4, -0.2) is 41.9 Å². The predicted octanol–water partition coefficient (Wildman–Crippen LogP) is -0.293. The molecule has 0 saturated heterocycles. The number of amides is 2. The Labute approximate surface area is 96.4 Å². The molecule has 0 bridgehead atoms. The van der Waals surface area contributed by atoms with E-state index in [9.17, 15) is 9.59 Å². The van der Waals surface area contributed by atoms with E-state index in [0.29, 0.717) is 0 Å². The molecule has 0 aromatic rings. The first kappa shape index (κ1) is 13.0. The molecule has 1 rings (SSSR count). The lowest BCUT2D eigenvalue weighted by Crippen LogP contribution is -2.46. The molecule has 0 heterocycles. The van der Waals surface area contributed by atoms with Crippen molar-refractivity contribution in [2.24, 2.45) is 11.7 Å². The summed E-state index contributed by atoms with van der Waals surface area (Å²) in [4.78, 5) is 24.7. The van der Waals surface area contributed by atoms with Crippen LogP contribution in [-0.2, 0) is 9.59 Å². The van der Waals surface area contributed by atoms with Crippen molar-refractivity contribution >= 4 is 11.8 Å². The molecule has 2 atom stereocenters. The average molecular weight is 227 g/mol. The van der Waals surface area contributed by atoms with E-state index in [1.54, 1.807) is 7.05 Å². The van der Waals surface area contributed by atoms with Crippen molar-refractivity contribution in [3.63, 3.8) is 0 Å². The van der Waals surface area contributed by atoms with Gasteiger partial charge in [-0.1, -0.05) is 0 Å². The van der Waals surface area contributed by atoms with E-state index in [0.717, 1.165) is 6.42 Å². The zero-order valence-electron chi connectivity index (χ0n) is 10.4. The van der Waals surface area contributed by atoms with Crippen molar-refractivity contribution in [3.05, 3.63) is 0 Å². The zero-order valence-corrected chi connectivity index (χ0v) is 10.4. The molecular weight excluding hydrogens is 206 g/mol. The largest absolute Gasteiger partial charge is 0.350 e. The van der Waals surface area contributed by atoms with Crippen LogP contribution in [0.25, 0.3) is 0 Å². The summed E-state index contributed by atoms with van der Waals surface area (Å²) >= 11 is 0. The second-order valence-electron chi connectivity index (χ2n) is 5.50. The van der Waals surface area contributed by atoms with Gasteiger partial charge in [0.25, 0.3) is 0 Å². The number of carbonyl (C=O) groups is 2. The van der Waals surface area contributed by atoms with Crippen LogP contribution in [0, 0.1) is 5.92 Å². The molecule has 1 aliphatic carbocycles. The Hall–Kier alpha value is -1.10. The maximum atomic E-state index is 11.7. The SMILES string of the molecule is CN(CC(=O)NC(C)(C)C)C(=O)C1CC1N. The highest BCUT2D eigenvalue weighted by Gasteiger charge is 2.41. The van der Waals surface area contributed by atoms with E-state index in [1.165, 1.54) is 4.90 Å². The number of nitrogens with two attached hydrogens (primary N) is 1. The van der Waals surface area contributed by atoms with Gasteiger partial charge < -0.3 is 16.0 Å². The van der Waals surface area contributed by atoms with Gasteiger partial charge in [0.15, 0.2) is 0 Å². The molecule has 0 radical (unpaired) electrons. The van der Waals surface area contributed by atoms with Gasteiger partial charge in [0.1, 0.15) is 0 Å². The molecular formula is C11H21N3O2. The van der Waals surface area contributed by atoms with Crippen molar-refractivity contribution in [1.29, 1.82) is 0 Å². The smallest absolute Gasteiger partial charge is 0.240 e. The first-order valence-electron chi connectivity index (χ1n) is 5.52. The van der Waals surface area contributed by atoms with Gasteiger partial charge in [-0.25, -0.2) is 0 Å². The molecule has 5 heteroatoms. The monoisotopic (exact) mass is 227 g/mol. The van der Waals surface area contributed by atoms with Crippen molar-refractivity contribution in [3.8, 4) is 0 Å². The number of nitrogens with zero attached hydrogens (tertiary/aromatic N) is 1. The number of hydrogen-bond acceptors (Lipinski definition) is 3. The van der Waals surface area contributed by atoms with Crippen LogP contribution in [0.3, 0.4) is 0 Å². The fraction of sp³-hybridized carbons (Fsp3) is 0.818. The van der Waals surface area contributed by atoms with Crippen LogP contribution in [0.15, 0.2) is 0 Å². The third-order valence-corrected chi connectivity index (χ3v) is 2.43. The lowest BCUT2D eigenvalue weighted by Gasteiger charge is -2.23. The highest BCUT2D eigenvalue weighted by Crippen LogP contribution is 2.29. The summed E-state index contributed by atoms with van der Waals surface area (Å²) in [6, 6.07) is -0.0133. The van der Waals surface area contributed by atoms with Gasteiger partial charge in [-0.3, -0.25) is 9.59 Å². The lowest BCUT2D eigenvalue weighted by molar-refractivity contribution is -0.136. The van der Waals surface area contributed by atoms with Crippen LogP contribution in [0.2, 0.25) is 0 Å². The van der Waals surface area contributed by atoms with Crippen molar-refractivity contribution in [2.45, 2.75) is 38.8 Å². The van der Waals surface area contributed by atoms with Gasteiger partial charge in [-0.05, 0) is 27.2 Å². The van der Waals surface area contributed by atoms with E-state index in [4.69, 9.17) is 5.73 Å². The number of hydrogen-bond donors (Lipinski definition) is 2. The van der Waals surface area contributed by atoms with Gasteiger partial charge in [-0.15, -0.1) is 0 Å². The third kappa shape index (κ3) is 3.81. The maximum Gasteiger partial charge on any atom is 0.240 e. The second-order valence-corrected chi connectivity index (χ2v) is 5.50. The predicted molar refractivity (Wildman–Crippen MR) is 61.6 cm³/mol. The zero-order chi connectivity index (χ0) is 12.5. The number of likely N-dealkylation sites (N-methyl/N-ethyl adjacent to an activating group) is 1. The molecule has 0 aliphatic heterocycles. The van der Waals surface area contributed by atoms with Crippen molar-refractivity contribution < 1.29 is 9.59 Å². The van der Waals surface area contributed by atoms with Crippen LogP contribution in [0.5, 0.6) is 0 Å². The van der Waals surface area contributed by atoms with Crippen molar-refractivity contribution in [1.82, 2.24) is 10.2 Å². The van der Waals surface area contributed by atoms with E-state index in [1.807, 2.05) is 20.8 Å². The molecule has 0 spiro atoms. The summed E-state index contributed by atoms with van der Waals surface area (Å²) in [6.07, 6.45) is 0.740. The molecule has 1 aliphatic rings. The second kappa shape index (κ2) is 4.41. The standard InChI is InChI=1S/C11H21N3O2/c1-11(2,3)13-9(15)6-14(4)10(16)7-5-8(7)12/h7-8H,5-6,12H2,1-4H3,(H,13,15). The van der Waals surface area contributed by atoms with Crippen LogP contribution in [0.1, 0.15) is 27.2 Å². The molecule has 92 valence electrons. The minimum absolute atomic E-state index is 0.0133. The quantitative estimate of drug-likeness (QED) is 0.695. The van der Waals surface area contributed by atoms with E-state index < -0.39 is 0 Å². The molecule has 16 heavy (non-hydrogen) atoms. The van der Waals surface area contributed by atoms with Crippen LogP contribution >= 0.6 is 0 Å². The van der Waals surface area contributed by atoms with E-state index >= 15 is 0 Å². The first-order chi connectivity index (χ1) is 7.20. The number of carbonyl (C=O) groups excluding carboxylic acids is 2. The molecule has 0 aromatic heterocycles. The van der Waals surface area contributed by atoms with E-state index in [2.05, 4.69) is 5.32 Å². The summed E-state index contributed by atoms with van der Waals surface area (Å²) in [5.41, 5.74) is 5.32. The molecule has 3 N–H and O–H groups in total. The topological polar surface area (TPSA) is 75.4 Å². The Balaban J connectivity index is 2.36. The lowest BCUT2D eigenvalue weighted by atomic mass is 10.1. The Morgan fingerprint density at radius 1 is 1.44 bits per heavy atom. The normalized spacial score (nSPS) is 23.8. The molecule has 2 unspecified atom stereocenters. The Morgan fingerprint density at radius 3 is 2.31 bits per heavy atom. The van der Waals surface area contributed by atoms with Gasteiger partial charge >= 0.3 is 0 Å². The van der Waals surface area contributed by atoms with Crippen LogP contribution in [0.4, 0.5) is 0 Å². The number of rotatable bonds is 3.